The summed E-state index contributed by atoms with van der Waals surface area (Å²) >= 11 is 5.21. The van der Waals surface area contributed by atoms with Crippen LogP contribution >= 0.6 is 12.2 Å². The van der Waals surface area contributed by atoms with E-state index in [1.165, 1.54) is 0 Å². The van der Waals surface area contributed by atoms with Gasteiger partial charge in [0, 0.05) is 5.69 Å². The van der Waals surface area contributed by atoms with Crippen LogP contribution in [-0.4, -0.2) is 25.0 Å². The molecule has 0 atom stereocenters. The Kier molecular flexibility index (Phi) is 7.72. The zero-order chi connectivity index (χ0) is 17.9. The van der Waals surface area contributed by atoms with Gasteiger partial charge in [-0.05, 0) is 72.7 Å². The Labute approximate surface area is 154 Å². The van der Waals surface area contributed by atoms with E-state index in [0.717, 1.165) is 42.2 Å². The number of hydrogen-bond acceptors (Lipinski definition) is 4. The molecule has 2 rings (SSSR count). The maximum atomic E-state index is 5.63. The molecule has 2 aromatic carbocycles. The molecule has 25 heavy (non-hydrogen) atoms. The van der Waals surface area contributed by atoms with E-state index in [4.69, 9.17) is 21.7 Å². The standard InChI is InChI=1S/C19H23N3O2S/c1-3-4-13-24-18-9-5-15(6-10-18)14-20-22-19(25)21-16-7-11-17(23-2)12-8-16/h5-12,14H,3-4,13H2,1-2H3,(H2,21,22,25)/b20-14-. The fourth-order valence-electron chi connectivity index (χ4n) is 1.98. The molecule has 0 saturated heterocycles. The van der Waals surface area contributed by atoms with Gasteiger partial charge in [-0.15, -0.1) is 0 Å². The number of thiocarbonyl (C=S) groups is 1. The molecular formula is C19H23N3O2S. The van der Waals surface area contributed by atoms with E-state index in [0.29, 0.717) is 5.11 Å². The van der Waals surface area contributed by atoms with Gasteiger partial charge in [-0.3, -0.25) is 5.43 Å². The van der Waals surface area contributed by atoms with Gasteiger partial charge in [-0.1, -0.05) is 13.3 Å². The number of hydrazone groups is 1. The van der Waals surface area contributed by atoms with Crippen molar-refractivity contribution in [1.29, 1.82) is 0 Å². The summed E-state index contributed by atoms with van der Waals surface area (Å²) in [4.78, 5) is 0. The molecular weight excluding hydrogens is 334 g/mol. The molecule has 0 bridgehead atoms. The van der Waals surface area contributed by atoms with Crippen LogP contribution in [0.15, 0.2) is 53.6 Å². The van der Waals surface area contributed by atoms with Crippen LogP contribution in [0.2, 0.25) is 0 Å². The van der Waals surface area contributed by atoms with Gasteiger partial charge >= 0.3 is 0 Å². The predicted octanol–water partition coefficient (Wildman–Crippen LogP) is 4.19. The highest BCUT2D eigenvalue weighted by Gasteiger charge is 1.97. The molecule has 0 heterocycles. The quantitative estimate of drug-likeness (QED) is 0.321. The first-order valence-electron chi connectivity index (χ1n) is 8.18. The van der Waals surface area contributed by atoms with Crippen LogP contribution in [0.5, 0.6) is 11.5 Å². The maximum absolute atomic E-state index is 5.63. The van der Waals surface area contributed by atoms with Crippen molar-refractivity contribution in [3.05, 3.63) is 54.1 Å². The van der Waals surface area contributed by atoms with E-state index in [9.17, 15) is 0 Å². The second-order valence-electron chi connectivity index (χ2n) is 5.32. The summed E-state index contributed by atoms with van der Waals surface area (Å²) in [7, 11) is 1.63. The van der Waals surface area contributed by atoms with Crippen LogP contribution < -0.4 is 20.2 Å². The van der Waals surface area contributed by atoms with Crippen molar-refractivity contribution in [2.45, 2.75) is 19.8 Å². The van der Waals surface area contributed by atoms with Gasteiger partial charge in [0.05, 0.1) is 19.9 Å². The minimum absolute atomic E-state index is 0.418. The van der Waals surface area contributed by atoms with Crippen molar-refractivity contribution < 1.29 is 9.47 Å². The zero-order valence-corrected chi connectivity index (χ0v) is 15.3. The number of nitrogens with zero attached hydrogens (tertiary/aromatic N) is 1. The lowest BCUT2D eigenvalue weighted by Crippen LogP contribution is -2.23. The second-order valence-corrected chi connectivity index (χ2v) is 5.73. The molecule has 0 amide bonds. The molecule has 6 heteroatoms. The summed E-state index contributed by atoms with van der Waals surface area (Å²) in [5.74, 6) is 1.67. The van der Waals surface area contributed by atoms with Crippen molar-refractivity contribution >= 4 is 29.2 Å². The van der Waals surface area contributed by atoms with Gasteiger partial charge in [-0.25, -0.2) is 0 Å². The number of methoxy groups -OCH3 is 1. The van der Waals surface area contributed by atoms with Gasteiger partial charge in [-0.2, -0.15) is 5.10 Å². The maximum Gasteiger partial charge on any atom is 0.191 e. The van der Waals surface area contributed by atoms with E-state index in [1.807, 2.05) is 48.5 Å². The largest absolute Gasteiger partial charge is 0.497 e. The van der Waals surface area contributed by atoms with Crippen molar-refractivity contribution in [3.8, 4) is 11.5 Å². The molecule has 0 radical (unpaired) electrons. The number of hydrogen-bond donors (Lipinski definition) is 2. The van der Waals surface area contributed by atoms with Crippen LogP contribution in [0.25, 0.3) is 0 Å². The number of benzene rings is 2. The fourth-order valence-corrected chi connectivity index (χ4v) is 2.15. The van der Waals surface area contributed by atoms with Crippen molar-refractivity contribution in [2.24, 2.45) is 5.10 Å². The number of ether oxygens (including phenoxy) is 2. The summed E-state index contributed by atoms with van der Waals surface area (Å²) in [5, 5.41) is 7.60. The minimum atomic E-state index is 0.418. The van der Waals surface area contributed by atoms with E-state index in [2.05, 4.69) is 22.8 Å². The average molecular weight is 357 g/mol. The minimum Gasteiger partial charge on any atom is -0.497 e. The number of rotatable bonds is 8. The van der Waals surface area contributed by atoms with Gasteiger partial charge < -0.3 is 14.8 Å². The molecule has 2 aromatic rings. The highest BCUT2D eigenvalue weighted by molar-refractivity contribution is 7.80. The zero-order valence-electron chi connectivity index (χ0n) is 14.5. The average Bonchev–Trinajstić information content (AvgIpc) is 2.64. The highest BCUT2D eigenvalue weighted by Crippen LogP contribution is 2.15. The first-order valence-corrected chi connectivity index (χ1v) is 8.59. The monoisotopic (exact) mass is 357 g/mol. The van der Waals surface area contributed by atoms with E-state index in [-0.39, 0.29) is 0 Å². The Morgan fingerprint density at radius 2 is 1.76 bits per heavy atom. The SMILES string of the molecule is CCCCOc1ccc(/C=N\NC(=S)Nc2ccc(OC)cc2)cc1. The van der Waals surface area contributed by atoms with Crippen molar-refractivity contribution in [2.75, 3.05) is 19.0 Å². The first kappa shape index (κ1) is 18.7. The lowest BCUT2D eigenvalue weighted by Gasteiger charge is -2.07. The molecule has 0 aliphatic carbocycles. The lowest BCUT2D eigenvalue weighted by atomic mass is 10.2. The van der Waals surface area contributed by atoms with Crippen LogP contribution in [0, 0.1) is 0 Å². The van der Waals surface area contributed by atoms with Gasteiger partial charge in [0.2, 0.25) is 0 Å². The molecule has 0 spiro atoms. The summed E-state index contributed by atoms with van der Waals surface area (Å²) < 4.78 is 10.7. The van der Waals surface area contributed by atoms with Gasteiger partial charge in [0.1, 0.15) is 11.5 Å². The van der Waals surface area contributed by atoms with Gasteiger partial charge in [0.15, 0.2) is 5.11 Å². The fraction of sp³-hybridized carbons (Fsp3) is 0.263. The Bertz CT molecular complexity index is 685. The Hall–Kier alpha value is -2.60. The van der Waals surface area contributed by atoms with E-state index < -0.39 is 0 Å². The lowest BCUT2D eigenvalue weighted by molar-refractivity contribution is 0.309. The number of nitrogens with one attached hydrogen (secondary N) is 2. The molecule has 5 nitrogen and oxygen atoms in total. The molecule has 0 aliphatic rings. The summed E-state index contributed by atoms with van der Waals surface area (Å²) in [6.07, 6.45) is 3.89. The molecule has 0 fully saturated rings. The van der Waals surface area contributed by atoms with Crippen LogP contribution in [0.4, 0.5) is 5.69 Å². The predicted molar refractivity (Wildman–Crippen MR) is 107 cm³/mol. The highest BCUT2D eigenvalue weighted by atomic mass is 32.1. The van der Waals surface area contributed by atoms with E-state index >= 15 is 0 Å². The number of anilines is 1. The van der Waals surface area contributed by atoms with Crippen molar-refractivity contribution in [1.82, 2.24) is 5.43 Å². The molecule has 0 aliphatic heterocycles. The summed E-state index contributed by atoms with van der Waals surface area (Å²) in [6.45, 7) is 2.89. The van der Waals surface area contributed by atoms with Crippen LogP contribution in [0.3, 0.4) is 0 Å². The Morgan fingerprint density at radius 3 is 2.40 bits per heavy atom. The summed E-state index contributed by atoms with van der Waals surface area (Å²) in [6, 6.07) is 15.3. The normalized spacial score (nSPS) is 10.5. The first-order chi connectivity index (χ1) is 12.2. The second kappa shape index (κ2) is 10.3. The third-order valence-electron chi connectivity index (χ3n) is 3.37. The van der Waals surface area contributed by atoms with Gasteiger partial charge in [0.25, 0.3) is 0 Å². The molecule has 0 aromatic heterocycles. The third kappa shape index (κ3) is 6.81. The Balaban J connectivity index is 1.78. The molecule has 132 valence electrons. The topological polar surface area (TPSA) is 54.9 Å². The van der Waals surface area contributed by atoms with Crippen LogP contribution in [0.1, 0.15) is 25.3 Å². The molecule has 2 N–H and O–H groups in total. The summed E-state index contributed by atoms with van der Waals surface area (Å²) in [5.41, 5.74) is 4.62. The third-order valence-corrected chi connectivity index (χ3v) is 3.57. The van der Waals surface area contributed by atoms with E-state index in [1.54, 1.807) is 13.3 Å². The smallest absolute Gasteiger partial charge is 0.191 e. The Morgan fingerprint density at radius 1 is 1.08 bits per heavy atom. The molecule has 0 unspecified atom stereocenters. The van der Waals surface area contributed by atoms with Crippen molar-refractivity contribution in [3.63, 3.8) is 0 Å². The van der Waals surface area contributed by atoms with Crippen LogP contribution in [-0.2, 0) is 0 Å². The number of unbranched alkanes of at least 4 members (excludes halogenated alkanes) is 1. The molecule has 0 saturated carbocycles.